The minimum Gasteiger partial charge on any atom is -0.456 e. The average Bonchev–Trinajstić information content (AvgIpc) is 3.15. The molecule has 2 aromatic rings. The van der Waals surface area contributed by atoms with E-state index in [0.29, 0.717) is 0 Å². The Morgan fingerprint density at radius 2 is 1.38 bits per heavy atom. The Labute approximate surface area is 316 Å². The van der Waals surface area contributed by atoms with Crippen molar-refractivity contribution in [3.8, 4) is 0 Å². The van der Waals surface area contributed by atoms with Gasteiger partial charge in [-0.05, 0) is 12.5 Å². The minimum absolute atomic E-state index is 0.127. The summed E-state index contributed by atoms with van der Waals surface area (Å²) in [5.74, 6) is -3.29. The summed E-state index contributed by atoms with van der Waals surface area (Å²) < 4.78 is 73.0. The summed E-state index contributed by atoms with van der Waals surface area (Å²) in [6.45, 7) is 5.32. The van der Waals surface area contributed by atoms with Gasteiger partial charge in [-0.15, -0.1) is 0 Å². The highest BCUT2D eigenvalue weighted by Crippen LogP contribution is 2.39. The van der Waals surface area contributed by atoms with Crippen LogP contribution in [0.15, 0.2) is 60.7 Å². The van der Waals surface area contributed by atoms with Crippen LogP contribution < -0.4 is 0 Å². The van der Waals surface area contributed by atoms with Gasteiger partial charge < -0.3 is 56.8 Å². The van der Waals surface area contributed by atoms with E-state index in [1.807, 2.05) is 60.7 Å². The highest BCUT2D eigenvalue weighted by molar-refractivity contribution is 9.09. The number of hydrogen-bond donors (Lipinski definition) is 0. The van der Waals surface area contributed by atoms with E-state index in [2.05, 4.69) is 15.9 Å². The van der Waals surface area contributed by atoms with Gasteiger partial charge in [0.25, 0.3) is 0 Å². The number of fused-ring (bicyclic) bond motifs is 1. The third-order valence-electron chi connectivity index (χ3n) is 8.86. The lowest BCUT2D eigenvalue weighted by Gasteiger charge is -2.50. The van der Waals surface area contributed by atoms with Gasteiger partial charge in [-0.2, -0.15) is 0 Å². The first-order valence-corrected chi connectivity index (χ1v) is 18.3. The first-order valence-electron chi connectivity index (χ1n) is 17.2. The van der Waals surface area contributed by atoms with Crippen molar-refractivity contribution < 1.29 is 71.2 Å². The van der Waals surface area contributed by atoms with Crippen molar-refractivity contribution in [1.29, 1.82) is 0 Å². The van der Waals surface area contributed by atoms with Gasteiger partial charge in [0, 0.05) is 40.6 Å². The predicted molar refractivity (Wildman–Crippen MR) is 186 cm³/mol. The maximum atomic E-state index is 12.4. The van der Waals surface area contributed by atoms with Crippen molar-refractivity contribution in [1.82, 2.24) is 0 Å². The number of carbonyl (C=O) groups is 3. The molecule has 16 heteroatoms. The lowest BCUT2D eigenvalue weighted by Crippen LogP contribution is -2.66. The molecule has 0 aromatic heterocycles. The number of benzene rings is 2. The Kier molecular flexibility index (Phi) is 14.8. The number of hydrogen-bond acceptors (Lipinski definition) is 15. The van der Waals surface area contributed by atoms with Crippen LogP contribution in [0.4, 0.5) is 0 Å². The first kappa shape index (κ1) is 41.1. The molecule has 1 unspecified atom stereocenters. The molecule has 3 heterocycles. The third-order valence-corrected chi connectivity index (χ3v) is 9.87. The van der Waals surface area contributed by atoms with Crippen molar-refractivity contribution in [2.24, 2.45) is 0 Å². The highest BCUT2D eigenvalue weighted by atomic mass is 79.9. The fraction of sp³-hybridized carbons (Fsp3) is 0.595. The summed E-state index contributed by atoms with van der Waals surface area (Å²) >= 11 is 3.50. The van der Waals surface area contributed by atoms with Crippen LogP contribution >= 0.6 is 15.9 Å². The molecular formula is C37H47BrO15. The minimum atomic E-state index is -1.31. The molecule has 3 aliphatic heterocycles. The van der Waals surface area contributed by atoms with Crippen LogP contribution in [0.1, 0.15) is 45.1 Å². The Hall–Kier alpha value is -3.03. The largest absolute Gasteiger partial charge is 0.456 e. The summed E-state index contributed by atoms with van der Waals surface area (Å²) in [4.78, 5) is 36.7. The van der Waals surface area contributed by atoms with Crippen LogP contribution in [0.25, 0.3) is 0 Å². The number of rotatable bonds is 15. The maximum absolute atomic E-state index is 12.4. The fourth-order valence-corrected chi connectivity index (χ4v) is 6.69. The van der Waals surface area contributed by atoms with Gasteiger partial charge in [0.15, 0.2) is 43.0 Å². The summed E-state index contributed by atoms with van der Waals surface area (Å²) in [6.07, 6.45) is -11.2. The number of alkyl halides is 1. The van der Waals surface area contributed by atoms with E-state index in [-0.39, 0.29) is 25.2 Å². The molecule has 15 nitrogen and oxygen atoms in total. The topological polar surface area (TPSA) is 162 Å². The molecule has 0 saturated carbocycles. The third kappa shape index (κ3) is 10.6. The Morgan fingerprint density at radius 3 is 1.98 bits per heavy atom. The van der Waals surface area contributed by atoms with Crippen LogP contribution in [0.3, 0.4) is 0 Å². The Morgan fingerprint density at radius 1 is 0.755 bits per heavy atom. The molecule has 3 saturated heterocycles. The van der Waals surface area contributed by atoms with E-state index in [4.69, 9.17) is 56.8 Å². The molecule has 0 bridgehead atoms. The molecule has 3 fully saturated rings. The van der Waals surface area contributed by atoms with Gasteiger partial charge in [0.1, 0.15) is 30.5 Å². The lowest BCUT2D eigenvalue weighted by molar-refractivity contribution is -0.395. The van der Waals surface area contributed by atoms with Crippen molar-refractivity contribution in [2.45, 2.75) is 108 Å². The second-order valence-corrected chi connectivity index (χ2v) is 13.4. The van der Waals surface area contributed by atoms with Crippen molar-refractivity contribution in [3.05, 3.63) is 71.8 Å². The number of halogens is 1. The molecule has 0 radical (unpaired) electrons. The molecule has 0 N–H and O–H groups in total. The molecule has 0 spiro atoms. The maximum Gasteiger partial charge on any atom is 0.303 e. The average molecular weight is 812 g/mol. The molecule has 0 aliphatic carbocycles. The second kappa shape index (κ2) is 19.0. The van der Waals surface area contributed by atoms with Crippen molar-refractivity contribution in [2.75, 3.05) is 32.8 Å². The van der Waals surface area contributed by atoms with Crippen LogP contribution in [0, 0.1) is 0 Å². The molecule has 12 atom stereocenters. The molecule has 3 aliphatic rings. The number of esters is 3. The summed E-state index contributed by atoms with van der Waals surface area (Å²) in [6, 6.07) is 19.2. The van der Waals surface area contributed by atoms with E-state index in [1.165, 1.54) is 35.0 Å². The fourth-order valence-electron chi connectivity index (χ4n) is 6.33. The van der Waals surface area contributed by atoms with Gasteiger partial charge in [-0.1, -0.05) is 76.6 Å². The summed E-state index contributed by atoms with van der Waals surface area (Å²) in [5, 5.41) is 0.271. The van der Waals surface area contributed by atoms with Crippen LogP contribution in [0.2, 0.25) is 0 Å². The predicted octanol–water partition coefficient (Wildman–Crippen LogP) is 3.74. The van der Waals surface area contributed by atoms with Crippen LogP contribution in [-0.2, 0) is 77.8 Å². The highest BCUT2D eigenvalue weighted by Gasteiger charge is 2.56. The van der Waals surface area contributed by atoms with E-state index in [0.717, 1.165) is 11.1 Å². The lowest BCUT2D eigenvalue weighted by atomic mass is 9.96. The van der Waals surface area contributed by atoms with E-state index in [9.17, 15) is 14.4 Å². The quantitative estimate of drug-likeness (QED) is 0.111. The standard InChI is InChI=1S/C37H47BrO15/c1-21(39)47-29-27(50-35(42-5)32(49-23(3)41)31(29)48-22(2)40)19-46-36-33(53-37(4,20-38)43-6)30(44-17-24-13-9-7-10-14-24)28-26(51-36)18-45-34(52-28)25-15-11-8-12-16-25/h7-16,26-36H,17-20H2,1-6H3/t26-,27-,28-,29-,30+,31+,32-,33+,34-,35+,36+,37?/m1/s1. The van der Waals surface area contributed by atoms with E-state index in [1.54, 1.807) is 6.92 Å². The second-order valence-electron chi connectivity index (χ2n) is 12.9. The number of carbonyl (C=O) groups excluding carboxylic acids is 3. The molecule has 292 valence electrons. The normalized spacial score (nSPS) is 32.5. The molecular weight excluding hydrogens is 764 g/mol. The van der Waals surface area contributed by atoms with Gasteiger partial charge in [0.05, 0.1) is 25.2 Å². The van der Waals surface area contributed by atoms with E-state index >= 15 is 0 Å². The zero-order valence-corrected chi connectivity index (χ0v) is 32.0. The van der Waals surface area contributed by atoms with Gasteiger partial charge in [-0.25, -0.2) is 0 Å². The van der Waals surface area contributed by atoms with Crippen molar-refractivity contribution in [3.63, 3.8) is 0 Å². The summed E-state index contributed by atoms with van der Waals surface area (Å²) in [5.41, 5.74) is 1.73. The SMILES string of the molecule is CO[C@H]1O[C@H](CO[C@H]2O[C@@H]3CO[C@@H](c4ccccc4)O[C@H]3[C@H](OCc3ccccc3)[C@@H]2OC(C)(CBr)OC)[C@@H](OC(C)=O)[C@H](OC(C)=O)[C@H]1OC(C)=O. The smallest absolute Gasteiger partial charge is 0.303 e. The first-order chi connectivity index (χ1) is 25.4. The number of methoxy groups -OCH3 is 2. The zero-order chi connectivity index (χ0) is 38.1. The van der Waals surface area contributed by atoms with E-state index < -0.39 is 91.4 Å². The van der Waals surface area contributed by atoms with Crippen molar-refractivity contribution >= 4 is 33.8 Å². The van der Waals surface area contributed by atoms with Gasteiger partial charge in [-0.3, -0.25) is 14.4 Å². The molecule has 53 heavy (non-hydrogen) atoms. The molecule has 5 rings (SSSR count). The molecule has 2 aromatic carbocycles. The van der Waals surface area contributed by atoms with Crippen LogP contribution in [-0.4, -0.2) is 118 Å². The molecule has 0 amide bonds. The zero-order valence-electron chi connectivity index (χ0n) is 30.5. The Bertz CT molecular complexity index is 1480. The number of ether oxygens (including phenoxy) is 12. The van der Waals surface area contributed by atoms with Gasteiger partial charge in [0.2, 0.25) is 0 Å². The Balaban J connectivity index is 1.47. The monoisotopic (exact) mass is 810 g/mol. The van der Waals surface area contributed by atoms with Crippen LogP contribution in [0.5, 0.6) is 0 Å². The summed E-state index contributed by atoms with van der Waals surface area (Å²) in [7, 11) is 2.84. The van der Waals surface area contributed by atoms with Gasteiger partial charge >= 0.3 is 17.9 Å².